The van der Waals surface area contributed by atoms with Crippen molar-refractivity contribution in [1.82, 2.24) is 16.0 Å². The van der Waals surface area contributed by atoms with Gasteiger partial charge in [-0.2, -0.15) is 0 Å². The molecule has 10 atom stereocenters. The van der Waals surface area contributed by atoms with Crippen molar-refractivity contribution in [2.24, 2.45) is 52.1 Å². The Morgan fingerprint density at radius 3 is 2.24 bits per heavy atom. The van der Waals surface area contributed by atoms with Crippen LogP contribution in [-0.2, 0) is 6.42 Å². The van der Waals surface area contributed by atoms with Gasteiger partial charge in [-0.05, 0) is 181 Å². The van der Waals surface area contributed by atoms with Crippen LogP contribution in [0.4, 0.5) is 0 Å². The predicted octanol–water partition coefficient (Wildman–Crippen LogP) is 6.93. The third-order valence-corrected chi connectivity index (χ3v) is 13.9. The molecule has 1 aromatic carbocycles. The van der Waals surface area contributed by atoms with Gasteiger partial charge in [-0.3, -0.25) is 0 Å². The number of rotatable bonds is 18. The zero-order valence-electron chi connectivity index (χ0n) is 29.4. The van der Waals surface area contributed by atoms with Crippen LogP contribution in [0.15, 0.2) is 30.3 Å². The van der Waals surface area contributed by atoms with E-state index < -0.39 is 0 Å². The van der Waals surface area contributed by atoms with Crippen molar-refractivity contribution in [2.75, 3.05) is 39.3 Å². The Morgan fingerprint density at radius 1 is 0.800 bits per heavy atom. The third kappa shape index (κ3) is 8.55. The highest BCUT2D eigenvalue weighted by molar-refractivity contribution is 5.15. The Labute approximate surface area is 277 Å². The molecule has 4 aliphatic rings. The molecule has 0 bridgehead atoms. The number of hydrogen-bond acceptors (Lipinski definition) is 5. The van der Waals surface area contributed by atoms with Crippen LogP contribution in [0.2, 0.25) is 0 Å². The molecule has 4 aliphatic carbocycles. The Balaban J connectivity index is 1.04. The summed E-state index contributed by atoms with van der Waals surface area (Å²) in [5.74, 6) is 4.27. The molecule has 5 unspecified atom stereocenters. The van der Waals surface area contributed by atoms with E-state index in [2.05, 4.69) is 67.1 Å². The van der Waals surface area contributed by atoms with E-state index >= 15 is 0 Å². The summed E-state index contributed by atoms with van der Waals surface area (Å²) in [5.41, 5.74) is 7.88. The van der Waals surface area contributed by atoms with Gasteiger partial charge >= 0.3 is 0 Å². The molecule has 1 aromatic rings. The molecule has 5 nitrogen and oxygen atoms in total. The molecule has 0 aliphatic heterocycles. The Bertz CT molecular complexity index is 990. The first-order valence-corrected chi connectivity index (χ1v) is 19.4. The van der Waals surface area contributed by atoms with Crippen LogP contribution in [0.25, 0.3) is 0 Å². The lowest BCUT2D eigenvalue weighted by molar-refractivity contribution is -0.167. The summed E-state index contributed by atoms with van der Waals surface area (Å²) in [4.78, 5) is 0. The molecule has 4 saturated carbocycles. The molecule has 5 heteroatoms. The SMILES string of the molecule is C[C@@H](CCCc1ccccc1)C1CCC2C3C(CC[C@@]21C)[C@@]1(C)CC[C@H](NCCCNCCCCNCCCN)CC1C[C@@H]3O. The van der Waals surface area contributed by atoms with Crippen LogP contribution in [0.1, 0.15) is 116 Å². The highest BCUT2D eigenvalue weighted by Gasteiger charge is 2.62. The van der Waals surface area contributed by atoms with Gasteiger partial charge in [0, 0.05) is 6.04 Å². The number of aryl methyl sites for hydroxylation is 1. The number of nitrogens with one attached hydrogen (secondary N) is 3. The molecule has 0 saturated heterocycles. The van der Waals surface area contributed by atoms with Crippen molar-refractivity contribution >= 4 is 0 Å². The second-order valence-electron chi connectivity index (χ2n) is 16.5. The fourth-order valence-corrected chi connectivity index (χ4v) is 11.4. The largest absolute Gasteiger partial charge is 0.393 e. The minimum absolute atomic E-state index is 0.0938. The summed E-state index contributed by atoms with van der Waals surface area (Å²) in [5, 5.41) is 22.9. The molecule has 0 amide bonds. The maximum absolute atomic E-state index is 11.8. The topological polar surface area (TPSA) is 82.3 Å². The number of aliphatic hydroxyl groups excluding tert-OH is 1. The zero-order valence-corrected chi connectivity index (χ0v) is 29.4. The van der Waals surface area contributed by atoms with Gasteiger partial charge in [0.25, 0.3) is 0 Å². The van der Waals surface area contributed by atoms with Gasteiger partial charge in [0.15, 0.2) is 0 Å². The van der Waals surface area contributed by atoms with Crippen LogP contribution in [0.5, 0.6) is 0 Å². The minimum Gasteiger partial charge on any atom is -0.393 e. The van der Waals surface area contributed by atoms with Crippen LogP contribution in [0, 0.1) is 46.3 Å². The molecule has 45 heavy (non-hydrogen) atoms. The summed E-state index contributed by atoms with van der Waals surface area (Å²) < 4.78 is 0. The molecule has 0 heterocycles. The average Bonchev–Trinajstić information content (AvgIpc) is 3.40. The highest BCUT2D eigenvalue weighted by atomic mass is 16.3. The van der Waals surface area contributed by atoms with E-state index in [9.17, 15) is 5.11 Å². The van der Waals surface area contributed by atoms with E-state index in [4.69, 9.17) is 5.73 Å². The quantitative estimate of drug-likeness (QED) is 0.115. The van der Waals surface area contributed by atoms with Crippen molar-refractivity contribution in [3.05, 3.63) is 35.9 Å². The average molecular weight is 623 g/mol. The van der Waals surface area contributed by atoms with Gasteiger partial charge in [0.1, 0.15) is 0 Å². The zero-order chi connectivity index (χ0) is 31.7. The Hall–Kier alpha value is -0.980. The van der Waals surface area contributed by atoms with Crippen LogP contribution < -0.4 is 21.7 Å². The van der Waals surface area contributed by atoms with Crippen molar-refractivity contribution in [2.45, 2.75) is 129 Å². The summed E-state index contributed by atoms with van der Waals surface area (Å²) in [7, 11) is 0. The number of benzene rings is 1. The normalized spacial score (nSPS) is 36.7. The van der Waals surface area contributed by atoms with E-state index in [-0.39, 0.29) is 6.10 Å². The van der Waals surface area contributed by atoms with Crippen molar-refractivity contribution < 1.29 is 5.11 Å². The first-order valence-electron chi connectivity index (χ1n) is 19.4. The van der Waals surface area contributed by atoms with Crippen molar-refractivity contribution in [3.8, 4) is 0 Å². The fourth-order valence-electron chi connectivity index (χ4n) is 11.4. The second kappa shape index (κ2) is 16.9. The number of nitrogens with two attached hydrogens (primary N) is 1. The van der Waals surface area contributed by atoms with E-state index in [1.807, 2.05) is 0 Å². The molecule has 0 spiro atoms. The summed E-state index contributed by atoms with van der Waals surface area (Å²) >= 11 is 0. The lowest BCUT2D eigenvalue weighted by Crippen LogP contribution is -2.59. The molecule has 5 rings (SSSR count). The van der Waals surface area contributed by atoms with E-state index in [0.29, 0.717) is 28.7 Å². The number of aliphatic hydroxyl groups is 1. The van der Waals surface area contributed by atoms with Crippen molar-refractivity contribution in [3.63, 3.8) is 0 Å². The summed E-state index contributed by atoms with van der Waals surface area (Å²) in [6, 6.07) is 11.7. The molecule has 0 aromatic heterocycles. The van der Waals surface area contributed by atoms with Gasteiger partial charge in [0.05, 0.1) is 6.10 Å². The van der Waals surface area contributed by atoms with Gasteiger partial charge < -0.3 is 26.8 Å². The van der Waals surface area contributed by atoms with E-state index in [1.165, 1.54) is 89.0 Å². The number of hydrogen-bond donors (Lipinski definition) is 5. The Morgan fingerprint density at radius 2 is 1.49 bits per heavy atom. The Kier molecular flexibility index (Phi) is 13.3. The lowest BCUT2D eigenvalue weighted by Gasteiger charge is -2.62. The lowest BCUT2D eigenvalue weighted by atomic mass is 9.43. The van der Waals surface area contributed by atoms with Crippen molar-refractivity contribution in [1.29, 1.82) is 0 Å². The monoisotopic (exact) mass is 623 g/mol. The molecular formula is C40H70N4O. The minimum atomic E-state index is -0.0938. The molecular weight excluding hydrogens is 552 g/mol. The van der Waals surface area contributed by atoms with Crippen LogP contribution in [-0.4, -0.2) is 56.5 Å². The number of fused-ring (bicyclic) bond motifs is 5. The molecule has 6 N–H and O–H groups in total. The van der Waals surface area contributed by atoms with Crippen LogP contribution in [0.3, 0.4) is 0 Å². The third-order valence-electron chi connectivity index (χ3n) is 13.9. The second-order valence-corrected chi connectivity index (χ2v) is 16.5. The standard InChI is InChI=1S/C40H70N4O/c1-30(12-9-15-31-13-5-4-6-14-31)34-16-17-35-38-36(19-21-40(34,35)3)39(2)20-18-33(28-32(39)29-37(38)45)44-27-11-26-43-24-8-7-23-42-25-10-22-41/h4-6,13-14,30,32-38,42-45H,7-12,15-29,41H2,1-3H3/t30-,32?,33-,34?,35?,36?,37-,38?,39-,40+/m0/s1. The maximum atomic E-state index is 11.8. The molecule has 0 radical (unpaired) electrons. The van der Waals surface area contributed by atoms with Gasteiger partial charge in [0.2, 0.25) is 0 Å². The molecule has 256 valence electrons. The van der Waals surface area contributed by atoms with Gasteiger partial charge in [-0.1, -0.05) is 57.5 Å². The van der Waals surface area contributed by atoms with Crippen LogP contribution >= 0.6 is 0 Å². The summed E-state index contributed by atoms with van der Waals surface area (Å²) in [6.45, 7) is 14.1. The maximum Gasteiger partial charge on any atom is 0.0577 e. The highest BCUT2D eigenvalue weighted by Crippen LogP contribution is 2.68. The number of unbranched alkanes of at least 4 members (excludes halogenated alkanes) is 1. The van der Waals surface area contributed by atoms with Gasteiger partial charge in [-0.15, -0.1) is 0 Å². The fraction of sp³-hybridized carbons (Fsp3) is 0.850. The first kappa shape index (κ1) is 35.3. The van der Waals surface area contributed by atoms with Gasteiger partial charge in [-0.25, -0.2) is 0 Å². The van der Waals surface area contributed by atoms with E-state index in [1.54, 1.807) is 0 Å². The predicted molar refractivity (Wildman–Crippen MR) is 190 cm³/mol. The van der Waals surface area contributed by atoms with E-state index in [0.717, 1.165) is 75.8 Å². The summed E-state index contributed by atoms with van der Waals surface area (Å²) in [6.07, 6.45) is 19.0. The molecule has 4 fully saturated rings. The first-order chi connectivity index (χ1) is 21.9. The smallest absolute Gasteiger partial charge is 0.0577 e.